The van der Waals surface area contributed by atoms with Crippen molar-refractivity contribution in [1.82, 2.24) is 0 Å². The first-order chi connectivity index (χ1) is 10.2. The number of hydrogen-bond donors (Lipinski definition) is 1. The molecule has 0 bridgehead atoms. The molecule has 21 heavy (non-hydrogen) atoms. The van der Waals surface area contributed by atoms with Crippen molar-refractivity contribution in [3.8, 4) is 5.75 Å². The maximum Gasteiger partial charge on any atom is 0.248 e. The highest BCUT2D eigenvalue weighted by Crippen LogP contribution is 2.31. The molecule has 1 heterocycles. The number of ether oxygens (including phenoxy) is 1. The smallest absolute Gasteiger partial charge is 0.248 e. The van der Waals surface area contributed by atoms with Crippen molar-refractivity contribution >= 4 is 17.7 Å². The highest BCUT2D eigenvalue weighted by molar-refractivity contribution is 7.98. The highest BCUT2D eigenvalue weighted by Gasteiger charge is 2.23. The van der Waals surface area contributed by atoms with E-state index in [9.17, 15) is 4.79 Å². The zero-order valence-electron chi connectivity index (χ0n) is 11.6. The summed E-state index contributed by atoms with van der Waals surface area (Å²) in [7, 11) is 0. The summed E-state index contributed by atoms with van der Waals surface area (Å²) in [6.45, 7) is 0. The van der Waals surface area contributed by atoms with Crippen LogP contribution in [0.2, 0.25) is 0 Å². The van der Waals surface area contributed by atoms with Crippen LogP contribution < -0.4 is 10.5 Å². The fourth-order valence-electron chi connectivity index (χ4n) is 2.45. The molecule has 4 heteroatoms. The topological polar surface area (TPSA) is 52.3 Å². The lowest BCUT2D eigenvalue weighted by atomic mass is 10.1. The second-order valence-electron chi connectivity index (χ2n) is 5.13. The van der Waals surface area contributed by atoms with Gasteiger partial charge < -0.3 is 10.5 Å². The van der Waals surface area contributed by atoms with Crippen molar-refractivity contribution in [3.05, 3.63) is 65.2 Å². The Hall–Kier alpha value is -1.94. The summed E-state index contributed by atoms with van der Waals surface area (Å²) < 4.78 is 5.91. The van der Waals surface area contributed by atoms with E-state index in [-0.39, 0.29) is 12.0 Å². The summed E-state index contributed by atoms with van der Waals surface area (Å²) >= 11 is 1.87. The molecule has 1 amide bonds. The molecule has 0 radical (unpaired) electrons. The van der Waals surface area contributed by atoms with E-state index in [4.69, 9.17) is 10.5 Å². The summed E-state index contributed by atoms with van der Waals surface area (Å²) in [6, 6.07) is 15.8. The molecule has 0 saturated heterocycles. The van der Waals surface area contributed by atoms with E-state index in [1.807, 2.05) is 30.0 Å². The Morgan fingerprint density at radius 1 is 1.24 bits per heavy atom. The Morgan fingerprint density at radius 3 is 2.81 bits per heavy atom. The lowest BCUT2D eigenvalue weighted by Gasteiger charge is -2.10. The van der Waals surface area contributed by atoms with Crippen LogP contribution >= 0.6 is 11.8 Å². The number of benzene rings is 2. The Labute approximate surface area is 128 Å². The summed E-state index contributed by atoms with van der Waals surface area (Å²) in [4.78, 5) is 11.2. The van der Waals surface area contributed by atoms with E-state index in [2.05, 4.69) is 24.3 Å². The number of nitrogens with two attached hydrogens (primary N) is 1. The zero-order chi connectivity index (χ0) is 14.7. The maximum absolute atomic E-state index is 11.2. The normalized spacial score (nSPS) is 16.3. The molecular formula is C17H17NO2S. The zero-order valence-corrected chi connectivity index (χ0v) is 12.4. The predicted molar refractivity (Wildman–Crippen MR) is 85.7 cm³/mol. The van der Waals surface area contributed by atoms with Crippen molar-refractivity contribution in [2.24, 2.45) is 5.73 Å². The van der Waals surface area contributed by atoms with Gasteiger partial charge in [-0.25, -0.2) is 0 Å². The molecule has 3 rings (SSSR count). The van der Waals surface area contributed by atoms with E-state index in [1.54, 1.807) is 6.07 Å². The minimum Gasteiger partial charge on any atom is -0.489 e. The Kier molecular flexibility index (Phi) is 4.15. The number of amides is 1. The minimum atomic E-state index is -0.389. The van der Waals surface area contributed by atoms with Crippen LogP contribution in [0, 0.1) is 0 Å². The van der Waals surface area contributed by atoms with Crippen LogP contribution in [-0.2, 0) is 12.2 Å². The minimum absolute atomic E-state index is 0.178. The molecule has 2 aromatic rings. The van der Waals surface area contributed by atoms with E-state index < -0.39 is 0 Å². The van der Waals surface area contributed by atoms with E-state index in [0.717, 1.165) is 29.2 Å². The van der Waals surface area contributed by atoms with Gasteiger partial charge in [-0.15, -0.1) is 0 Å². The van der Waals surface area contributed by atoms with E-state index >= 15 is 0 Å². The van der Waals surface area contributed by atoms with Gasteiger partial charge in [0.25, 0.3) is 0 Å². The lowest BCUT2D eigenvalue weighted by Crippen LogP contribution is -2.16. The summed E-state index contributed by atoms with van der Waals surface area (Å²) in [5, 5.41) is 0. The van der Waals surface area contributed by atoms with Gasteiger partial charge in [-0.2, -0.15) is 11.8 Å². The molecule has 1 unspecified atom stereocenters. The quantitative estimate of drug-likeness (QED) is 0.923. The van der Waals surface area contributed by atoms with Gasteiger partial charge in [0.05, 0.1) is 0 Å². The maximum atomic E-state index is 11.2. The number of fused-ring (bicyclic) bond motifs is 1. The number of carbonyl (C=O) groups is 1. The van der Waals surface area contributed by atoms with Gasteiger partial charge in [-0.05, 0) is 29.3 Å². The first-order valence-corrected chi connectivity index (χ1v) is 8.09. The third kappa shape index (κ3) is 3.39. The van der Waals surface area contributed by atoms with Gasteiger partial charge >= 0.3 is 0 Å². The van der Waals surface area contributed by atoms with Crippen LogP contribution in [0.4, 0.5) is 0 Å². The summed E-state index contributed by atoms with van der Waals surface area (Å²) in [5.74, 6) is 2.42. The molecule has 1 aliphatic rings. The van der Waals surface area contributed by atoms with Crippen LogP contribution in [0.5, 0.6) is 5.75 Å². The molecule has 0 aliphatic carbocycles. The average molecular weight is 299 g/mol. The van der Waals surface area contributed by atoms with Crippen molar-refractivity contribution in [2.45, 2.75) is 18.3 Å². The number of rotatable bonds is 5. The monoisotopic (exact) mass is 299 g/mol. The number of thioether (sulfide) groups is 1. The van der Waals surface area contributed by atoms with Crippen molar-refractivity contribution in [2.75, 3.05) is 5.75 Å². The Bertz CT molecular complexity index is 642. The van der Waals surface area contributed by atoms with Crippen LogP contribution in [-0.4, -0.2) is 17.8 Å². The number of hydrogen-bond acceptors (Lipinski definition) is 3. The fourth-order valence-corrected chi connectivity index (χ4v) is 3.44. The largest absolute Gasteiger partial charge is 0.489 e. The molecule has 1 aliphatic heterocycles. The van der Waals surface area contributed by atoms with Crippen LogP contribution in [0.3, 0.4) is 0 Å². The average Bonchev–Trinajstić information content (AvgIpc) is 2.90. The molecule has 3 nitrogen and oxygen atoms in total. The summed E-state index contributed by atoms with van der Waals surface area (Å²) in [6.07, 6.45) is 1.02. The van der Waals surface area contributed by atoms with Crippen LogP contribution in [0.25, 0.3) is 0 Å². The molecule has 108 valence electrons. The predicted octanol–water partition coefficient (Wildman–Crippen LogP) is 3.02. The Balaban J connectivity index is 1.54. The molecule has 0 aromatic heterocycles. The molecular weight excluding hydrogens is 282 g/mol. The second kappa shape index (κ2) is 6.22. The third-order valence-corrected chi connectivity index (χ3v) is 4.65. The summed E-state index contributed by atoms with van der Waals surface area (Å²) in [5.41, 5.74) is 8.26. The molecule has 1 atom stereocenters. The van der Waals surface area contributed by atoms with Gasteiger partial charge in [0.2, 0.25) is 5.91 Å². The molecule has 0 spiro atoms. The first-order valence-electron chi connectivity index (χ1n) is 6.93. The third-order valence-electron chi connectivity index (χ3n) is 3.50. The van der Waals surface area contributed by atoms with Gasteiger partial charge in [0.1, 0.15) is 11.9 Å². The van der Waals surface area contributed by atoms with Gasteiger partial charge in [-0.1, -0.05) is 30.3 Å². The number of primary amides is 1. The van der Waals surface area contributed by atoms with E-state index in [1.165, 1.54) is 5.56 Å². The highest BCUT2D eigenvalue weighted by atomic mass is 32.2. The Morgan fingerprint density at radius 2 is 2.05 bits per heavy atom. The number of carbonyl (C=O) groups excluding carboxylic acids is 1. The standard InChI is InChI=1S/C17H17NO2S/c18-17(19)13-6-7-16-14(8-13)9-15(20-16)11-21-10-12-4-2-1-3-5-12/h1-8,15H,9-11H2,(H2,18,19). The van der Waals surface area contributed by atoms with Gasteiger partial charge in [0.15, 0.2) is 0 Å². The fraction of sp³-hybridized carbons (Fsp3) is 0.235. The van der Waals surface area contributed by atoms with Crippen LogP contribution in [0.15, 0.2) is 48.5 Å². The first kappa shape index (κ1) is 14.0. The SMILES string of the molecule is NC(=O)c1ccc2c(c1)CC(CSCc1ccccc1)O2. The second-order valence-corrected chi connectivity index (χ2v) is 6.16. The van der Waals surface area contributed by atoms with Crippen molar-refractivity contribution in [1.29, 1.82) is 0 Å². The lowest BCUT2D eigenvalue weighted by molar-refractivity contribution is 0.1000. The van der Waals surface area contributed by atoms with Gasteiger partial charge in [0, 0.05) is 23.5 Å². The van der Waals surface area contributed by atoms with E-state index in [0.29, 0.717) is 5.56 Å². The van der Waals surface area contributed by atoms with Gasteiger partial charge in [-0.3, -0.25) is 4.79 Å². The molecule has 0 fully saturated rings. The molecule has 0 saturated carbocycles. The van der Waals surface area contributed by atoms with Crippen molar-refractivity contribution in [3.63, 3.8) is 0 Å². The van der Waals surface area contributed by atoms with Crippen molar-refractivity contribution < 1.29 is 9.53 Å². The van der Waals surface area contributed by atoms with Crippen LogP contribution in [0.1, 0.15) is 21.5 Å². The molecule has 2 aromatic carbocycles. The molecule has 2 N–H and O–H groups in total.